The van der Waals surface area contributed by atoms with Crippen LogP contribution in [0, 0.1) is 11.3 Å². The summed E-state index contributed by atoms with van der Waals surface area (Å²) in [6, 6.07) is 16.3. The van der Waals surface area contributed by atoms with Gasteiger partial charge in [0.1, 0.15) is 30.4 Å². The van der Waals surface area contributed by atoms with E-state index in [1.54, 1.807) is 17.0 Å². The Hall–Kier alpha value is -4.31. The number of nitriles is 1. The van der Waals surface area contributed by atoms with Gasteiger partial charge in [-0.1, -0.05) is 0 Å². The normalized spacial score (nSPS) is 20.2. The molecule has 3 fully saturated rings. The van der Waals surface area contributed by atoms with Crippen LogP contribution in [0.4, 0.5) is 17.3 Å². The van der Waals surface area contributed by atoms with Crippen LogP contribution in [0.15, 0.2) is 48.8 Å². The van der Waals surface area contributed by atoms with Gasteiger partial charge in [-0.2, -0.15) is 10.2 Å². The van der Waals surface area contributed by atoms with Crippen molar-refractivity contribution in [2.24, 2.45) is 0 Å². The van der Waals surface area contributed by atoms with Crippen molar-refractivity contribution in [3.05, 3.63) is 54.4 Å². The average molecular weight is 585 g/mol. The zero-order chi connectivity index (χ0) is 29.8. The third-order valence-corrected chi connectivity index (χ3v) is 8.21. The molecule has 1 amide bonds. The number of piperazine rings is 1. The van der Waals surface area contributed by atoms with E-state index in [9.17, 15) is 15.2 Å². The first-order chi connectivity index (χ1) is 21.0. The summed E-state index contributed by atoms with van der Waals surface area (Å²) in [6.45, 7) is 8.22. The van der Waals surface area contributed by atoms with Gasteiger partial charge in [-0.15, -0.1) is 0 Å². The number of carbonyl (C=O) groups is 1. The summed E-state index contributed by atoms with van der Waals surface area (Å²) in [6.07, 6.45) is 1.65. The molecule has 4 heterocycles. The molecule has 1 aromatic heterocycles. The van der Waals surface area contributed by atoms with Gasteiger partial charge in [0.05, 0.1) is 31.4 Å². The van der Waals surface area contributed by atoms with Crippen LogP contribution in [-0.2, 0) is 9.53 Å². The molecule has 3 aromatic rings. The van der Waals surface area contributed by atoms with Gasteiger partial charge in [0, 0.05) is 49.7 Å². The number of piperidine rings is 1. The smallest absolute Gasteiger partial charge is 0.251 e. The fraction of sp³-hybridized carbons (Fsp3) is 0.452. The van der Waals surface area contributed by atoms with Crippen molar-refractivity contribution in [1.82, 2.24) is 24.8 Å². The van der Waals surface area contributed by atoms with Crippen molar-refractivity contribution in [1.29, 1.82) is 5.26 Å². The van der Waals surface area contributed by atoms with Crippen molar-refractivity contribution < 1.29 is 19.4 Å². The summed E-state index contributed by atoms with van der Waals surface area (Å²) in [7, 11) is 0. The number of ether oxygens (including phenoxy) is 2. The molecule has 224 valence electrons. The minimum atomic E-state index is -1.05. The number of benzene rings is 2. The highest BCUT2D eigenvalue weighted by Crippen LogP contribution is 2.28. The maximum atomic E-state index is 12.2. The van der Waals surface area contributed by atoms with Gasteiger partial charge in [0.15, 0.2) is 5.82 Å². The number of aliphatic hydroxyl groups is 1. The second-order valence-corrected chi connectivity index (χ2v) is 11.2. The Morgan fingerprint density at radius 1 is 1.12 bits per heavy atom. The van der Waals surface area contributed by atoms with E-state index in [2.05, 4.69) is 48.3 Å². The summed E-state index contributed by atoms with van der Waals surface area (Å²) in [4.78, 5) is 31.9. The number of nitrogens with one attached hydrogen (secondary N) is 1. The van der Waals surface area contributed by atoms with Crippen molar-refractivity contribution in [2.75, 3.05) is 62.7 Å². The van der Waals surface area contributed by atoms with Crippen molar-refractivity contribution in [3.8, 4) is 23.2 Å². The van der Waals surface area contributed by atoms with Crippen LogP contribution in [0.5, 0.6) is 5.75 Å². The molecule has 0 saturated carbocycles. The molecule has 3 aliphatic heterocycles. The summed E-state index contributed by atoms with van der Waals surface area (Å²) < 4.78 is 11.5. The highest BCUT2D eigenvalue weighted by atomic mass is 16.5. The number of hydrogen-bond donors (Lipinski definition) is 2. The molecule has 3 saturated heterocycles. The van der Waals surface area contributed by atoms with E-state index in [0.29, 0.717) is 47.8 Å². The molecule has 0 aliphatic carbocycles. The van der Waals surface area contributed by atoms with E-state index in [1.807, 2.05) is 18.2 Å². The predicted octanol–water partition coefficient (Wildman–Crippen LogP) is 2.43. The Morgan fingerprint density at radius 3 is 2.60 bits per heavy atom. The number of aromatic nitrogens is 3. The van der Waals surface area contributed by atoms with Gasteiger partial charge in [-0.25, -0.2) is 9.97 Å². The molecule has 12 nitrogen and oxygen atoms in total. The molecule has 1 unspecified atom stereocenters. The highest BCUT2D eigenvalue weighted by Gasteiger charge is 2.29. The Kier molecular flexibility index (Phi) is 8.64. The van der Waals surface area contributed by atoms with E-state index in [1.165, 1.54) is 18.9 Å². The van der Waals surface area contributed by atoms with E-state index in [4.69, 9.17) is 9.47 Å². The van der Waals surface area contributed by atoms with Gasteiger partial charge >= 0.3 is 0 Å². The lowest BCUT2D eigenvalue weighted by Crippen LogP contribution is -2.56. The fourth-order valence-corrected chi connectivity index (χ4v) is 5.70. The van der Waals surface area contributed by atoms with Crippen LogP contribution in [0.2, 0.25) is 0 Å². The molecule has 2 N–H and O–H groups in total. The number of aliphatic hydroxyl groups excluding tert-OH is 1. The molecule has 0 radical (unpaired) electrons. The van der Waals surface area contributed by atoms with Crippen molar-refractivity contribution in [2.45, 2.75) is 38.0 Å². The van der Waals surface area contributed by atoms with E-state index in [0.717, 1.165) is 57.9 Å². The summed E-state index contributed by atoms with van der Waals surface area (Å²) in [5, 5.41) is 22.8. The summed E-state index contributed by atoms with van der Waals surface area (Å²) in [5.41, 5.74) is 3.06. The number of likely N-dealkylation sites (tertiary alicyclic amines) is 1. The fourth-order valence-electron chi connectivity index (χ4n) is 5.70. The molecular formula is C31H36N8O4. The molecule has 2 aromatic carbocycles. The second-order valence-electron chi connectivity index (χ2n) is 11.2. The van der Waals surface area contributed by atoms with Gasteiger partial charge in [-0.05, 0) is 62.2 Å². The second kappa shape index (κ2) is 12.9. The number of hydrogen-bond acceptors (Lipinski definition) is 11. The van der Waals surface area contributed by atoms with Gasteiger partial charge in [0.2, 0.25) is 5.95 Å². The first-order valence-electron chi connectivity index (χ1n) is 14.8. The predicted molar refractivity (Wildman–Crippen MR) is 160 cm³/mol. The van der Waals surface area contributed by atoms with Crippen LogP contribution < -0.4 is 15.0 Å². The minimum absolute atomic E-state index is 0.263. The third-order valence-electron chi connectivity index (χ3n) is 8.21. The first kappa shape index (κ1) is 28.8. The number of anilines is 3. The Balaban J connectivity index is 1.08. The van der Waals surface area contributed by atoms with E-state index >= 15 is 0 Å². The van der Waals surface area contributed by atoms with Crippen LogP contribution in [0.3, 0.4) is 0 Å². The molecule has 12 heteroatoms. The monoisotopic (exact) mass is 584 g/mol. The van der Waals surface area contributed by atoms with E-state index in [-0.39, 0.29) is 12.0 Å². The lowest BCUT2D eigenvalue weighted by Gasteiger charge is -2.43. The van der Waals surface area contributed by atoms with Crippen LogP contribution in [0.25, 0.3) is 11.4 Å². The summed E-state index contributed by atoms with van der Waals surface area (Å²) >= 11 is 0. The molecule has 6 rings (SSSR count). The van der Waals surface area contributed by atoms with Crippen molar-refractivity contribution in [3.63, 3.8) is 0 Å². The van der Waals surface area contributed by atoms with Crippen LogP contribution in [0.1, 0.15) is 25.3 Å². The lowest BCUT2D eigenvalue weighted by molar-refractivity contribution is -0.141. The van der Waals surface area contributed by atoms with Gasteiger partial charge < -0.3 is 29.7 Å². The minimum Gasteiger partial charge on any atom is -0.487 e. The number of carbonyl (C=O) groups excluding carboxylic acids is 1. The summed E-state index contributed by atoms with van der Waals surface area (Å²) in [5.74, 6) is 0.956. The number of nitrogens with zero attached hydrogens (tertiary/aromatic N) is 7. The van der Waals surface area contributed by atoms with Crippen LogP contribution >= 0.6 is 0 Å². The van der Waals surface area contributed by atoms with Crippen LogP contribution in [-0.4, -0.2) is 106 Å². The zero-order valence-electron chi connectivity index (χ0n) is 24.2. The Bertz CT molecular complexity index is 1470. The number of rotatable bonds is 8. The third kappa shape index (κ3) is 6.69. The van der Waals surface area contributed by atoms with Gasteiger partial charge in [-0.3, -0.25) is 9.69 Å². The molecule has 2 atom stereocenters. The maximum absolute atomic E-state index is 12.2. The highest BCUT2D eigenvalue weighted by molar-refractivity contribution is 5.80. The first-order valence-corrected chi connectivity index (χ1v) is 14.8. The molecule has 43 heavy (non-hydrogen) atoms. The lowest BCUT2D eigenvalue weighted by atomic mass is 10.1. The van der Waals surface area contributed by atoms with E-state index < -0.39 is 6.10 Å². The zero-order valence-corrected chi connectivity index (χ0v) is 24.2. The quantitative estimate of drug-likeness (QED) is 0.403. The molecule has 3 aliphatic rings. The Labute approximate surface area is 250 Å². The average Bonchev–Trinajstić information content (AvgIpc) is 3.01. The maximum Gasteiger partial charge on any atom is 0.251 e. The standard InChI is InChI=1S/C31H36N8O4/c1-21(40)30(41)39-10-2-3-27(17-39)43-28-9-4-22(15-23(28)16-32)29-33-20-34-31(36-29)35-24-5-7-25(8-6-24)37-11-13-38(14-12-37)26-18-42-19-26/h4-9,15,20-21,26-27,40H,2-3,10-14,17-19H2,1H3,(H,33,34,35,36)/t21-,27?/m0/s1. The number of amides is 1. The largest absolute Gasteiger partial charge is 0.487 e. The Morgan fingerprint density at radius 2 is 1.91 bits per heavy atom. The topological polar surface area (TPSA) is 140 Å². The molecular weight excluding hydrogens is 548 g/mol. The molecule has 0 bridgehead atoms. The van der Waals surface area contributed by atoms with Crippen molar-refractivity contribution >= 4 is 23.2 Å². The molecule has 0 spiro atoms. The SMILES string of the molecule is C[C@H](O)C(=O)N1CCCC(Oc2ccc(-c3ncnc(Nc4ccc(N5CCN(C6COC6)CC5)cc4)n3)cc2C#N)C1. The van der Waals surface area contributed by atoms with Gasteiger partial charge in [0.25, 0.3) is 5.91 Å².